The number of anilines is 1. The van der Waals surface area contributed by atoms with E-state index in [0.29, 0.717) is 51.9 Å². The lowest BCUT2D eigenvalue weighted by Gasteiger charge is -2.12. The Hall–Kier alpha value is -5.20. The second-order valence-electron chi connectivity index (χ2n) is 11.0. The highest BCUT2D eigenvalue weighted by Gasteiger charge is 2.17. The van der Waals surface area contributed by atoms with Crippen molar-refractivity contribution in [2.24, 2.45) is 0 Å². The van der Waals surface area contributed by atoms with Crippen molar-refractivity contribution in [3.05, 3.63) is 72.9 Å². The van der Waals surface area contributed by atoms with Crippen molar-refractivity contribution in [3.8, 4) is 39.5 Å². The number of nitrogens with zero attached hydrogens (tertiary/aromatic N) is 6. The first-order valence-corrected chi connectivity index (χ1v) is 14.1. The maximum atomic E-state index is 14.7. The standard InChI is InChI=1S/C32H32FN9O2/c1-41(2)9-10-44-23-13-19(11-21(33)14-23)24-7-8-35-32-25(24)15-28(38-32)31-30-27(39-40-31)6-5-26(37-30)20-12-22(17-34-16-20)36-29(43)18-42(3)4/h5-8,11-17H,9-10,18H2,1-4H3,(H,35,38)(H,36,43)(H,39,40). The zero-order valence-corrected chi connectivity index (χ0v) is 24.8. The zero-order chi connectivity index (χ0) is 30.8. The third-order valence-electron chi connectivity index (χ3n) is 6.96. The number of halogens is 1. The molecule has 0 unspecified atom stereocenters. The Bertz CT molecular complexity index is 1960. The highest BCUT2D eigenvalue weighted by molar-refractivity contribution is 5.99. The van der Waals surface area contributed by atoms with Crippen molar-refractivity contribution in [1.29, 1.82) is 0 Å². The summed E-state index contributed by atoms with van der Waals surface area (Å²) >= 11 is 0. The van der Waals surface area contributed by atoms with E-state index in [1.807, 2.05) is 69.5 Å². The molecule has 0 aliphatic rings. The highest BCUT2D eigenvalue weighted by Crippen LogP contribution is 2.35. The molecule has 0 atom stereocenters. The first kappa shape index (κ1) is 28.9. The van der Waals surface area contributed by atoms with Gasteiger partial charge in [0.15, 0.2) is 0 Å². The summed E-state index contributed by atoms with van der Waals surface area (Å²) in [4.78, 5) is 33.1. The van der Waals surface area contributed by atoms with Crippen LogP contribution in [-0.4, -0.2) is 93.7 Å². The summed E-state index contributed by atoms with van der Waals surface area (Å²) < 4.78 is 20.5. The lowest BCUT2D eigenvalue weighted by molar-refractivity contribution is -0.116. The molecule has 1 aromatic carbocycles. The average Bonchev–Trinajstić information content (AvgIpc) is 3.60. The number of benzene rings is 1. The number of hydrogen-bond donors (Lipinski definition) is 3. The lowest BCUT2D eigenvalue weighted by Crippen LogP contribution is -2.27. The maximum absolute atomic E-state index is 14.7. The second-order valence-corrected chi connectivity index (χ2v) is 11.0. The van der Waals surface area contributed by atoms with E-state index in [1.54, 1.807) is 23.5 Å². The third kappa shape index (κ3) is 6.26. The predicted molar refractivity (Wildman–Crippen MR) is 169 cm³/mol. The molecule has 6 rings (SSSR count). The highest BCUT2D eigenvalue weighted by atomic mass is 19.1. The quantitative estimate of drug-likeness (QED) is 0.207. The number of carbonyl (C=O) groups excluding carboxylic acids is 1. The molecule has 5 heterocycles. The van der Waals surface area contributed by atoms with E-state index in [-0.39, 0.29) is 18.3 Å². The summed E-state index contributed by atoms with van der Waals surface area (Å²) in [5, 5.41) is 11.3. The summed E-state index contributed by atoms with van der Waals surface area (Å²) in [5.74, 6) is -0.0464. The molecule has 0 aliphatic carbocycles. The van der Waals surface area contributed by atoms with E-state index in [4.69, 9.17) is 9.72 Å². The summed E-state index contributed by atoms with van der Waals surface area (Å²) in [6.45, 7) is 1.43. The van der Waals surface area contributed by atoms with E-state index < -0.39 is 0 Å². The Labute approximate surface area is 253 Å². The largest absolute Gasteiger partial charge is 0.492 e. The number of amides is 1. The summed E-state index contributed by atoms with van der Waals surface area (Å²) in [5.41, 5.74) is 6.85. The van der Waals surface area contributed by atoms with Crippen LogP contribution in [0.1, 0.15) is 0 Å². The molecule has 0 fully saturated rings. The van der Waals surface area contributed by atoms with Gasteiger partial charge in [0.1, 0.15) is 35.0 Å². The molecule has 44 heavy (non-hydrogen) atoms. The van der Waals surface area contributed by atoms with Gasteiger partial charge in [-0.1, -0.05) is 0 Å². The molecule has 0 saturated heterocycles. The van der Waals surface area contributed by atoms with Gasteiger partial charge in [-0.05, 0) is 81.8 Å². The molecule has 11 nitrogen and oxygen atoms in total. The van der Waals surface area contributed by atoms with Crippen LogP contribution in [0.25, 0.3) is 55.8 Å². The van der Waals surface area contributed by atoms with E-state index >= 15 is 0 Å². The van der Waals surface area contributed by atoms with Crippen molar-refractivity contribution in [2.75, 3.05) is 53.2 Å². The molecule has 0 bridgehead atoms. The molecule has 0 spiro atoms. The zero-order valence-electron chi connectivity index (χ0n) is 24.8. The first-order chi connectivity index (χ1) is 21.2. The fraction of sp³-hybridized carbons (Fsp3) is 0.219. The molecule has 0 saturated carbocycles. The van der Waals surface area contributed by atoms with Crippen molar-refractivity contribution < 1.29 is 13.9 Å². The van der Waals surface area contributed by atoms with E-state index in [0.717, 1.165) is 28.6 Å². The van der Waals surface area contributed by atoms with Crippen LogP contribution in [0.2, 0.25) is 0 Å². The third-order valence-corrected chi connectivity index (χ3v) is 6.96. The SMILES string of the molecule is CN(C)CCOc1cc(F)cc(-c2ccnc3[nH]c(-c4n[nH]c5ccc(-c6cncc(NC(=O)CN(C)C)c6)nc45)cc23)c1. The monoisotopic (exact) mass is 593 g/mol. The van der Waals surface area contributed by atoms with Gasteiger partial charge in [-0.15, -0.1) is 0 Å². The maximum Gasteiger partial charge on any atom is 0.238 e. The number of nitrogens with one attached hydrogen (secondary N) is 3. The van der Waals surface area contributed by atoms with Crippen LogP contribution in [0, 0.1) is 5.82 Å². The molecule has 224 valence electrons. The first-order valence-electron chi connectivity index (χ1n) is 14.1. The van der Waals surface area contributed by atoms with Crippen molar-refractivity contribution in [1.82, 2.24) is 39.9 Å². The van der Waals surface area contributed by atoms with Crippen molar-refractivity contribution >= 4 is 33.7 Å². The number of aromatic nitrogens is 6. The van der Waals surface area contributed by atoms with Crippen LogP contribution in [0.3, 0.4) is 0 Å². The van der Waals surface area contributed by atoms with Crippen LogP contribution in [-0.2, 0) is 4.79 Å². The molecule has 6 aromatic rings. The lowest BCUT2D eigenvalue weighted by atomic mass is 10.0. The van der Waals surface area contributed by atoms with E-state index in [1.165, 1.54) is 12.1 Å². The minimum atomic E-state index is -0.381. The predicted octanol–water partition coefficient (Wildman–Crippen LogP) is 4.81. The number of aromatic amines is 2. The minimum Gasteiger partial charge on any atom is -0.492 e. The van der Waals surface area contributed by atoms with Crippen LogP contribution < -0.4 is 10.1 Å². The summed E-state index contributed by atoms with van der Waals surface area (Å²) in [6.07, 6.45) is 4.99. The van der Waals surface area contributed by atoms with Crippen LogP contribution in [0.4, 0.5) is 10.1 Å². The van der Waals surface area contributed by atoms with Gasteiger partial charge in [-0.3, -0.25) is 14.9 Å². The molecule has 0 aliphatic heterocycles. The van der Waals surface area contributed by atoms with Gasteiger partial charge in [0.25, 0.3) is 0 Å². The number of pyridine rings is 3. The number of likely N-dealkylation sites (N-methyl/N-ethyl adjacent to an activating group) is 2. The average molecular weight is 594 g/mol. The Morgan fingerprint density at radius 1 is 1.00 bits per heavy atom. The Morgan fingerprint density at radius 2 is 1.86 bits per heavy atom. The molecule has 12 heteroatoms. The second kappa shape index (κ2) is 12.2. The molecule has 0 radical (unpaired) electrons. The number of rotatable bonds is 10. The van der Waals surface area contributed by atoms with Crippen LogP contribution >= 0.6 is 0 Å². The van der Waals surface area contributed by atoms with E-state index in [2.05, 4.69) is 30.5 Å². The van der Waals surface area contributed by atoms with Gasteiger partial charge in [0.2, 0.25) is 5.91 Å². The van der Waals surface area contributed by atoms with Gasteiger partial charge in [0.05, 0.1) is 35.3 Å². The number of fused-ring (bicyclic) bond motifs is 2. The Kier molecular flexibility index (Phi) is 8.01. The van der Waals surface area contributed by atoms with Crippen LogP contribution in [0.5, 0.6) is 5.75 Å². The molecular weight excluding hydrogens is 561 g/mol. The van der Waals surface area contributed by atoms with Crippen molar-refractivity contribution in [2.45, 2.75) is 0 Å². The van der Waals surface area contributed by atoms with Gasteiger partial charge in [0, 0.05) is 36.0 Å². The minimum absolute atomic E-state index is 0.132. The number of H-pyrrole nitrogens is 2. The summed E-state index contributed by atoms with van der Waals surface area (Å²) in [6, 6.07) is 14.1. The summed E-state index contributed by atoms with van der Waals surface area (Å²) in [7, 11) is 7.59. The van der Waals surface area contributed by atoms with E-state index in [9.17, 15) is 9.18 Å². The van der Waals surface area contributed by atoms with Crippen LogP contribution in [0.15, 0.2) is 67.1 Å². The smallest absolute Gasteiger partial charge is 0.238 e. The van der Waals surface area contributed by atoms with Gasteiger partial charge >= 0.3 is 0 Å². The molecular formula is C32H32FN9O2. The van der Waals surface area contributed by atoms with Gasteiger partial charge in [-0.25, -0.2) is 14.4 Å². The molecule has 1 amide bonds. The number of hydrogen-bond acceptors (Lipinski definition) is 8. The Balaban J connectivity index is 1.33. The topological polar surface area (TPSA) is 128 Å². The Morgan fingerprint density at radius 3 is 2.68 bits per heavy atom. The number of ether oxygens (including phenoxy) is 1. The normalized spacial score (nSPS) is 11.6. The fourth-order valence-electron chi connectivity index (χ4n) is 4.94. The van der Waals surface area contributed by atoms with Crippen molar-refractivity contribution in [3.63, 3.8) is 0 Å². The van der Waals surface area contributed by atoms with Gasteiger partial charge < -0.3 is 24.8 Å². The molecule has 5 aromatic heterocycles. The van der Waals surface area contributed by atoms with Gasteiger partial charge in [-0.2, -0.15) is 5.10 Å². The fourth-order valence-corrected chi connectivity index (χ4v) is 4.94. The number of carbonyl (C=O) groups is 1. The molecule has 3 N–H and O–H groups in total.